The number of rotatable bonds is 7. The van der Waals surface area contributed by atoms with E-state index in [-0.39, 0.29) is 36.1 Å². The number of fused-ring (bicyclic) bond motifs is 2. The standard InChI is InChI=1S/C21H27FN4O3/c1-3-29-21(27)19(10-23)20(24-2)25-16-8-17-12-28-13-18(9-16)26(17)11-14-4-6-15(22)7-5-14/h4-7,16-18,24-25H,3,8-9,11-13H2,1-2H3. The van der Waals surface area contributed by atoms with Crippen molar-refractivity contribution in [3.05, 3.63) is 47.0 Å². The van der Waals surface area contributed by atoms with E-state index in [2.05, 4.69) is 15.5 Å². The number of morpholine rings is 1. The Morgan fingerprint density at radius 2 is 1.97 bits per heavy atom. The van der Waals surface area contributed by atoms with Gasteiger partial charge in [0.05, 0.1) is 19.8 Å². The fourth-order valence-electron chi connectivity index (χ4n) is 4.05. The number of ether oxygens (including phenoxy) is 2. The molecule has 1 aromatic carbocycles. The summed E-state index contributed by atoms with van der Waals surface area (Å²) in [4.78, 5) is 14.5. The van der Waals surface area contributed by atoms with Crippen LogP contribution >= 0.6 is 0 Å². The van der Waals surface area contributed by atoms with Gasteiger partial charge < -0.3 is 20.1 Å². The minimum Gasteiger partial charge on any atom is -0.462 e. The van der Waals surface area contributed by atoms with Gasteiger partial charge in [-0.3, -0.25) is 4.90 Å². The van der Waals surface area contributed by atoms with Gasteiger partial charge in [-0.05, 0) is 37.5 Å². The van der Waals surface area contributed by atoms with Gasteiger partial charge in [-0.15, -0.1) is 0 Å². The molecular formula is C21H27FN4O3. The largest absolute Gasteiger partial charge is 0.462 e. The van der Waals surface area contributed by atoms with Crippen molar-refractivity contribution in [2.75, 3.05) is 26.9 Å². The Labute approximate surface area is 170 Å². The maximum absolute atomic E-state index is 13.2. The van der Waals surface area contributed by atoms with Crippen LogP contribution in [0.4, 0.5) is 4.39 Å². The molecule has 2 heterocycles. The highest BCUT2D eigenvalue weighted by atomic mass is 19.1. The molecule has 0 spiro atoms. The molecule has 0 saturated carbocycles. The normalized spacial score (nSPS) is 24.8. The number of esters is 1. The van der Waals surface area contributed by atoms with Crippen molar-refractivity contribution in [3.63, 3.8) is 0 Å². The maximum Gasteiger partial charge on any atom is 0.352 e. The third kappa shape index (κ3) is 5.05. The minimum atomic E-state index is -0.635. The molecule has 0 aliphatic carbocycles. The summed E-state index contributed by atoms with van der Waals surface area (Å²) in [5.74, 6) is -0.479. The Hall–Kier alpha value is -2.63. The van der Waals surface area contributed by atoms with Gasteiger partial charge in [0.1, 0.15) is 17.7 Å². The first kappa shape index (κ1) is 21.1. The van der Waals surface area contributed by atoms with Crippen LogP contribution in [0.25, 0.3) is 0 Å². The lowest BCUT2D eigenvalue weighted by molar-refractivity contribution is -0.138. The summed E-state index contributed by atoms with van der Waals surface area (Å²) < 4.78 is 23.9. The van der Waals surface area contributed by atoms with Gasteiger partial charge in [0.25, 0.3) is 0 Å². The Morgan fingerprint density at radius 3 is 2.52 bits per heavy atom. The number of halogens is 1. The van der Waals surface area contributed by atoms with Gasteiger partial charge in [-0.1, -0.05) is 12.1 Å². The molecule has 2 aliphatic rings. The number of hydrogen-bond acceptors (Lipinski definition) is 7. The molecule has 29 heavy (non-hydrogen) atoms. The maximum atomic E-state index is 13.2. The van der Waals surface area contributed by atoms with E-state index in [1.165, 1.54) is 12.1 Å². The molecule has 156 valence electrons. The van der Waals surface area contributed by atoms with E-state index < -0.39 is 5.97 Å². The van der Waals surface area contributed by atoms with E-state index in [4.69, 9.17) is 9.47 Å². The summed E-state index contributed by atoms with van der Waals surface area (Å²) >= 11 is 0. The molecule has 2 unspecified atom stereocenters. The summed E-state index contributed by atoms with van der Waals surface area (Å²) in [5.41, 5.74) is 1.02. The van der Waals surface area contributed by atoms with Crippen molar-refractivity contribution in [2.24, 2.45) is 0 Å². The Morgan fingerprint density at radius 1 is 1.31 bits per heavy atom. The van der Waals surface area contributed by atoms with E-state index in [1.54, 1.807) is 14.0 Å². The molecule has 0 radical (unpaired) electrons. The number of piperidine rings is 1. The fraction of sp³-hybridized carbons (Fsp3) is 0.524. The van der Waals surface area contributed by atoms with Gasteiger partial charge in [-0.2, -0.15) is 5.26 Å². The summed E-state index contributed by atoms with van der Waals surface area (Å²) in [6.45, 7) is 3.91. The zero-order chi connectivity index (χ0) is 20.8. The van der Waals surface area contributed by atoms with E-state index in [1.807, 2.05) is 18.2 Å². The molecular weight excluding hydrogens is 375 g/mol. The molecule has 2 fully saturated rings. The molecule has 2 bridgehead atoms. The lowest BCUT2D eigenvalue weighted by atomic mass is 9.89. The molecule has 8 heteroatoms. The quantitative estimate of drug-likeness (QED) is 0.408. The average molecular weight is 402 g/mol. The van der Waals surface area contributed by atoms with Crippen molar-refractivity contribution < 1.29 is 18.7 Å². The highest BCUT2D eigenvalue weighted by molar-refractivity contribution is 5.93. The average Bonchev–Trinajstić information content (AvgIpc) is 2.70. The Bertz CT molecular complexity index is 776. The smallest absolute Gasteiger partial charge is 0.352 e. The lowest BCUT2D eigenvalue weighted by Crippen LogP contribution is -2.60. The van der Waals surface area contributed by atoms with Crippen LogP contribution in [0.1, 0.15) is 25.3 Å². The van der Waals surface area contributed by atoms with E-state index >= 15 is 0 Å². The summed E-state index contributed by atoms with van der Waals surface area (Å²) in [5, 5.41) is 15.7. The lowest BCUT2D eigenvalue weighted by Gasteiger charge is -2.49. The monoisotopic (exact) mass is 402 g/mol. The first-order valence-corrected chi connectivity index (χ1v) is 9.89. The molecule has 2 N–H and O–H groups in total. The summed E-state index contributed by atoms with van der Waals surface area (Å²) in [6, 6.07) is 9.05. The van der Waals surface area contributed by atoms with Crippen LogP contribution in [-0.4, -0.2) is 55.9 Å². The van der Waals surface area contributed by atoms with Crippen molar-refractivity contribution >= 4 is 5.97 Å². The summed E-state index contributed by atoms with van der Waals surface area (Å²) in [6.07, 6.45) is 1.62. The summed E-state index contributed by atoms with van der Waals surface area (Å²) in [7, 11) is 1.67. The van der Waals surface area contributed by atoms with Crippen LogP contribution in [0.3, 0.4) is 0 Å². The van der Waals surface area contributed by atoms with Crippen LogP contribution in [-0.2, 0) is 20.8 Å². The number of carbonyl (C=O) groups is 1. The van der Waals surface area contributed by atoms with Gasteiger partial charge in [0, 0.05) is 31.7 Å². The van der Waals surface area contributed by atoms with Crippen LogP contribution < -0.4 is 10.6 Å². The van der Waals surface area contributed by atoms with Gasteiger partial charge in [0.2, 0.25) is 0 Å². The topological polar surface area (TPSA) is 86.6 Å². The number of nitriles is 1. The SMILES string of the molecule is CCOC(=O)C(C#N)=C(NC)NC1CC2COCC(C1)N2Cc1ccc(F)cc1. The molecule has 2 saturated heterocycles. The highest BCUT2D eigenvalue weighted by Gasteiger charge is 2.39. The molecule has 0 aromatic heterocycles. The first-order valence-electron chi connectivity index (χ1n) is 9.89. The number of hydrogen-bond donors (Lipinski definition) is 2. The molecule has 3 rings (SSSR count). The molecule has 0 amide bonds. The van der Waals surface area contributed by atoms with Crippen LogP contribution in [0.5, 0.6) is 0 Å². The number of benzene rings is 1. The van der Waals surface area contributed by atoms with E-state index in [0.29, 0.717) is 19.0 Å². The van der Waals surface area contributed by atoms with Crippen LogP contribution in [0, 0.1) is 17.1 Å². The molecule has 7 nitrogen and oxygen atoms in total. The zero-order valence-electron chi connectivity index (χ0n) is 16.8. The molecule has 2 atom stereocenters. The van der Waals surface area contributed by atoms with Crippen LogP contribution in [0.2, 0.25) is 0 Å². The Kier molecular flexibility index (Phi) is 7.07. The van der Waals surface area contributed by atoms with Crippen LogP contribution in [0.15, 0.2) is 35.7 Å². The second-order valence-electron chi connectivity index (χ2n) is 7.29. The predicted octanol–water partition coefficient (Wildman–Crippen LogP) is 1.66. The van der Waals surface area contributed by atoms with Gasteiger partial charge in [0.15, 0.2) is 5.57 Å². The number of nitrogens with zero attached hydrogens (tertiary/aromatic N) is 2. The number of nitrogens with one attached hydrogen (secondary N) is 2. The van der Waals surface area contributed by atoms with E-state index in [9.17, 15) is 14.4 Å². The molecule has 1 aromatic rings. The van der Waals surface area contributed by atoms with E-state index in [0.717, 1.165) is 24.9 Å². The minimum absolute atomic E-state index is 0.0514. The third-order valence-corrected chi connectivity index (χ3v) is 5.39. The first-order chi connectivity index (χ1) is 14.0. The van der Waals surface area contributed by atoms with Crippen molar-refractivity contribution in [3.8, 4) is 6.07 Å². The van der Waals surface area contributed by atoms with Crippen molar-refractivity contribution in [1.82, 2.24) is 15.5 Å². The second-order valence-corrected chi connectivity index (χ2v) is 7.29. The highest BCUT2D eigenvalue weighted by Crippen LogP contribution is 2.30. The molecule has 2 aliphatic heterocycles. The van der Waals surface area contributed by atoms with Crippen molar-refractivity contribution in [1.29, 1.82) is 5.26 Å². The van der Waals surface area contributed by atoms with Crippen molar-refractivity contribution in [2.45, 2.75) is 44.4 Å². The fourth-order valence-corrected chi connectivity index (χ4v) is 4.05. The number of carbonyl (C=O) groups excluding carboxylic acids is 1. The second kappa shape index (κ2) is 9.72. The third-order valence-electron chi connectivity index (χ3n) is 5.39. The van der Waals surface area contributed by atoms with Gasteiger partial charge in [-0.25, -0.2) is 9.18 Å². The van der Waals surface area contributed by atoms with Gasteiger partial charge >= 0.3 is 5.97 Å². The Balaban J connectivity index is 1.70. The zero-order valence-corrected chi connectivity index (χ0v) is 16.8. The predicted molar refractivity (Wildman–Crippen MR) is 105 cm³/mol.